The lowest BCUT2D eigenvalue weighted by atomic mass is 10.1. The minimum atomic E-state index is -0.837. The number of nitrogens with two attached hydrogens (primary N) is 2. The molecule has 0 saturated carbocycles. The van der Waals surface area contributed by atoms with E-state index in [-0.39, 0.29) is 35.7 Å². The van der Waals surface area contributed by atoms with Gasteiger partial charge < -0.3 is 21.3 Å². The van der Waals surface area contributed by atoms with Gasteiger partial charge in [-0.05, 0) is 32.4 Å². The van der Waals surface area contributed by atoms with Gasteiger partial charge in [0.2, 0.25) is 5.96 Å². The van der Waals surface area contributed by atoms with E-state index in [4.69, 9.17) is 16.2 Å². The Kier molecular flexibility index (Phi) is 6.79. The van der Waals surface area contributed by atoms with E-state index in [9.17, 15) is 9.90 Å². The molecular weight excluding hydrogens is 408 g/mol. The van der Waals surface area contributed by atoms with E-state index in [0.717, 1.165) is 22.2 Å². The second kappa shape index (κ2) is 9.69. The first-order valence-corrected chi connectivity index (χ1v) is 9.89. The number of aliphatic hydroxyl groups is 1. The number of benzene rings is 2. The van der Waals surface area contributed by atoms with Crippen molar-refractivity contribution in [3.63, 3.8) is 0 Å². The Bertz CT molecular complexity index is 1250. The smallest absolute Gasteiger partial charge is 0.345 e. The largest absolute Gasteiger partial charge is 0.506 e. The number of nitrogens with zero attached hydrogens (tertiary/aromatic N) is 4. The Labute approximate surface area is 185 Å². The summed E-state index contributed by atoms with van der Waals surface area (Å²) in [6.45, 7) is 5.53. The molecule has 0 spiro atoms. The minimum absolute atomic E-state index is 0.0882. The molecule has 32 heavy (non-hydrogen) atoms. The van der Waals surface area contributed by atoms with Crippen molar-refractivity contribution < 1.29 is 14.6 Å². The van der Waals surface area contributed by atoms with E-state index in [1.165, 1.54) is 0 Å². The summed E-state index contributed by atoms with van der Waals surface area (Å²) in [6.07, 6.45) is 0. The van der Waals surface area contributed by atoms with Crippen LogP contribution >= 0.6 is 0 Å². The first kappa shape index (κ1) is 22.4. The highest BCUT2D eigenvalue weighted by Crippen LogP contribution is 2.20. The van der Waals surface area contributed by atoms with Crippen molar-refractivity contribution in [2.75, 3.05) is 6.61 Å². The van der Waals surface area contributed by atoms with E-state index in [1.807, 2.05) is 32.0 Å². The number of amidine groups is 1. The predicted octanol–water partition coefficient (Wildman–Crippen LogP) is 3.08. The van der Waals surface area contributed by atoms with Crippen molar-refractivity contribution in [1.29, 1.82) is 0 Å². The third kappa shape index (κ3) is 5.07. The van der Waals surface area contributed by atoms with Gasteiger partial charge >= 0.3 is 5.97 Å². The number of guanidine groups is 1. The second-order valence-corrected chi connectivity index (χ2v) is 6.91. The van der Waals surface area contributed by atoms with Crippen molar-refractivity contribution in [3.8, 4) is 0 Å². The molecule has 0 atom stereocenters. The quantitative estimate of drug-likeness (QED) is 0.184. The molecule has 0 unspecified atom stereocenters. The highest BCUT2D eigenvalue weighted by molar-refractivity contribution is 6.24. The molecule has 3 aromatic rings. The molecule has 1 aromatic heterocycles. The number of aryl methyl sites for hydroxylation is 2. The summed E-state index contributed by atoms with van der Waals surface area (Å²) in [5.74, 6) is -1.75. The van der Waals surface area contributed by atoms with Gasteiger partial charge in [-0.15, -0.1) is 0 Å². The number of aliphatic imine (C=N–C) groups is 2. The summed E-state index contributed by atoms with van der Waals surface area (Å²) < 4.78 is 5.02. The van der Waals surface area contributed by atoms with Crippen LogP contribution in [0.2, 0.25) is 0 Å². The Morgan fingerprint density at radius 2 is 1.81 bits per heavy atom. The van der Waals surface area contributed by atoms with Gasteiger partial charge in [0.05, 0.1) is 17.8 Å². The molecule has 9 heteroatoms. The molecule has 0 fully saturated rings. The summed E-state index contributed by atoms with van der Waals surface area (Å²) >= 11 is 0. The van der Waals surface area contributed by atoms with Crippen LogP contribution in [-0.4, -0.2) is 39.4 Å². The van der Waals surface area contributed by atoms with Gasteiger partial charge in [0.15, 0.2) is 0 Å². The average molecular weight is 432 g/mol. The molecule has 5 N–H and O–H groups in total. The Balaban J connectivity index is 2.03. The minimum Gasteiger partial charge on any atom is -0.506 e. The maximum absolute atomic E-state index is 12.5. The van der Waals surface area contributed by atoms with E-state index >= 15 is 0 Å². The number of aromatic nitrogens is 2. The average Bonchev–Trinajstić information content (AvgIpc) is 2.74. The van der Waals surface area contributed by atoms with Crippen molar-refractivity contribution in [2.45, 2.75) is 20.8 Å². The SMILES string of the molecule is CCOC(=O)C(/C(N)=N/C(N)=N/c1nc(C)c2ccc(C)cc2n1)=C(\O)c1ccccc1. The summed E-state index contributed by atoms with van der Waals surface area (Å²) in [7, 11) is 0. The van der Waals surface area contributed by atoms with Crippen LogP contribution < -0.4 is 11.5 Å². The molecule has 0 radical (unpaired) electrons. The molecule has 9 nitrogen and oxygen atoms in total. The Morgan fingerprint density at radius 3 is 2.50 bits per heavy atom. The summed E-state index contributed by atoms with van der Waals surface area (Å²) in [6, 6.07) is 14.3. The van der Waals surface area contributed by atoms with Crippen molar-refractivity contribution in [1.82, 2.24) is 9.97 Å². The number of hydrogen-bond donors (Lipinski definition) is 3. The van der Waals surface area contributed by atoms with Gasteiger partial charge in [-0.25, -0.2) is 14.8 Å². The Hall–Kier alpha value is -4.27. The maximum Gasteiger partial charge on any atom is 0.345 e. The number of rotatable bonds is 5. The summed E-state index contributed by atoms with van der Waals surface area (Å²) in [4.78, 5) is 29.3. The lowest BCUT2D eigenvalue weighted by Crippen LogP contribution is -2.27. The number of ether oxygens (including phenoxy) is 1. The van der Waals surface area contributed by atoms with Crippen LogP contribution in [0.4, 0.5) is 5.95 Å². The van der Waals surface area contributed by atoms with E-state index in [2.05, 4.69) is 20.0 Å². The molecule has 0 bridgehead atoms. The highest BCUT2D eigenvalue weighted by Gasteiger charge is 2.22. The standard InChI is InChI=1S/C23H24N6O3/c1-4-32-21(31)18(19(30)15-8-6-5-7-9-15)20(24)28-22(25)29-23-26-14(3)16-11-10-13(2)12-17(16)27-23/h5-12,30H,4H2,1-3H3,(H4,24,25,26,27,28,29)/b19-18-. The van der Waals surface area contributed by atoms with Crippen LogP contribution in [-0.2, 0) is 9.53 Å². The zero-order valence-electron chi connectivity index (χ0n) is 18.0. The molecule has 3 rings (SSSR count). The van der Waals surface area contributed by atoms with Crippen LogP contribution in [0.3, 0.4) is 0 Å². The van der Waals surface area contributed by atoms with Crippen LogP contribution in [0.25, 0.3) is 16.7 Å². The zero-order chi connectivity index (χ0) is 23.3. The number of aliphatic hydroxyl groups excluding tert-OH is 1. The van der Waals surface area contributed by atoms with Crippen LogP contribution in [0.15, 0.2) is 64.1 Å². The van der Waals surface area contributed by atoms with Gasteiger partial charge in [0, 0.05) is 10.9 Å². The monoisotopic (exact) mass is 432 g/mol. The predicted molar refractivity (Wildman–Crippen MR) is 125 cm³/mol. The molecule has 2 aromatic carbocycles. The number of carbonyl (C=O) groups is 1. The van der Waals surface area contributed by atoms with Crippen molar-refractivity contribution in [2.24, 2.45) is 21.5 Å². The van der Waals surface area contributed by atoms with E-state index in [0.29, 0.717) is 5.56 Å². The number of fused-ring (bicyclic) bond motifs is 1. The van der Waals surface area contributed by atoms with Gasteiger partial charge in [-0.1, -0.05) is 42.5 Å². The van der Waals surface area contributed by atoms with Gasteiger partial charge in [-0.3, -0.25) is 0 Å². The van der Waals surface area contributed by atoms with E-state index in [1.54, 1.807) is 37.3 Å². The van der Waals surface area contributed by atoms with Crippen molar-refractivity contribution >= 4 is 40.4 Å². The number of esters is 1. The lowest BCUT2D eigenvalue weighted by Gasteiger charge is -2.10. The topological polar surface area (TPSA) is 149 Å². The normalized spacial score (nSPS) is 13.1. The fraction of sp³-hybridized carbons (Fsp3) is 0.174. The third-order valence-corrected chi connectivity index (χ3v) is 4.50. The number of carbonyl (C=O) groups excluding carboxylic acids is 1. The molecule has 0 aliphatic rings. The first-order valence-electron chi connectivity index (χ1n) is 9.89. The molecule has 0 amide bonds. The maximum atomic E-state index is 12.5. The summed E-state index contributed by atoms with van der Waals surface area (Å²) in [5.41, 5.74) is 14.5. The van der Waals surface area contributed by atoms with Crippen LogP contribution in [0, 0.1) is 13.8 Å². The van der Waals surface area contributed by atoms with E-state index < -0.39 is 5.97 Å². The molecule has 1 heterocycles. The fourth-order valence-corrected chi connectivity index (χ4v) is 3.01. The Morgan fingerprint density at radius 1 is 1.09 bits per heavy atom. The van der Waals surface area contributed by atoms with Gasteiger partial charge in [0.25, 0.3) is 5.95 Å². The van der Waals surface area contributed by atoms with Crippen LogP contribution in [0.5, 0.6) is 0 Å². The zero-order valence-corrected chi connectivity index (χ0v) is 18.0. The lowest BCUT2D eigenvalue weighted by molar-refractivity contribution is -0.137. The van der Waals surface area contributed by atoms with Gasteiger partial charge in [-0.2, -0.15) is 9.98 Å². The molecular formula is C23H24N6O3. The number of hydrogen-bond acceptors (Lipinski definition) is 6. The first-order chi connectivity index (χ1) is 15.3. The van der Waals surface area contributed by atoms with Crippen LogP contribution in [0.1, 0.15) is 23.7 Å². The fourth-order valence-electron chi connectivity index (χ4n) is 3.01. The van der Waals surface area contributed by atoms with Crippen molar-refractivity contribution in [3.05, 3.63) is 70.9 Å². The molecule has 0 aliphatic heterocycles. The summed E-state index contributed by atoms with van der Waals surface area (Å²) in [5, 5.41) is 11.5. The molecule has 0 aliphatic carbocycles. The second-order valence-electron chi connectivity index (χ2n) is 6.91. The van der Waals surface area contributed by atoms with Gasteiger partial charge in [0.1, 0.15) is 17.2 Å². The molecule has 0 saturated heterocycles. The third-order valence-electron chi connectivity index (χ3n) is 4.50. The molecule has 164 valence electrons. The highest BCUT2D eigenvalue weighted by atomic mass is 16.5.